The summed E-state index contributed by atoms with van der Waals surface area (Å²) in [4.78, 5) is 0. The molecule has 5 aromatic rings. The molecule has 4 aromatic carbocycles. The number of rotatable bonds is 0. The van der Waals surface area contributed by atoms with Crippen molar-refractivity contribution in [3.63, 3.8) is 0 Å². The highest BCUT2D eigenvalue weighted by molar-refractivity contribution is 7.07. The number of hydrogen-bond donors (Lipinski definition) is 8. The Morgan fingerprint density at radius 1 is 0.270 bits per heavy atom. The van der Waals surface area contributed by atoms with Crippen molar-refractivity contribution >= 4 is 11.3 Å². The average molecular weight is 525 g/mol. The van der Waals surface area contributed by atoms with E-state index in [1.807, 2.05) is 22.9 Å². The molecule has 0 radical (unpaired) electrons. The third kappa shape index (κ3) is 16.3. The van der Waals surface area contributed by atoms with Crippen LogP contribution in [-0.4, -0.2) is 40.9 Å². The maximum atomic E-state index is 8.65. The zero-order chi connectivity index (χ0) is 27.5. The predicted octanol–water partition coefficient (Wildman–Crippen LogP) is 6.14. The lowest BCUT2D eigenvalue weighted by atomic mass is 10.3. The van der Waals surface area contributed by atoms with E-state index in [1.54, 1.807) is 11.3 Å². The molecule has 0 fully saturated rings. The number of thiophene rings is 1. The highest BCUT2D eigenvalue weighted by atomic mass is 32.1. The average Bonchev–Trinajstić information content (AvgIpc) is 3.48. The molecule has 0 spiro atoms. The van der Waals surface area contributed by atoms with E-state index in [0.717, 1.165) is 0 Å². The molecule has 1 aromatic heterocycles. The van der Waals surface area contributed by atoms with Gasteiger partial charge >= 0.3 is 0 Å². The highest BCUT2D eigenvalue weighted by Gasteiger charge is 1.86. The van der Waals surface area contributed by atoms with Gasteiger partial charge < -0.3 is 40.9 Å². The molecule has 5 rings (SSSR count). The molecule has 8 N–H and O–H groups in total. The predicted molar refractivity (Wildman–Crippen MR) is 143 cm³/mol. The summed E-state index contributed by atoms with van der Waals surface area (Å²) in [7, 11) is 0. The van der Waals surface area contributed by atoms with Gasteiger partial charge in [-0.1, -0.05) is 12.1 Å². The van der Waals surface area contributed by atoms with Crippen molar-refractivity contribution in [2.24, 2.45) is 0 Å². The van der Waals surface area contributed by atoms with Crippen LogP contribution in [0.3, 0.4) is 0 Å². The standard InChI is InChI=1S/4C6H6O2.C4H4S/c4*7-5-1-2-6(8)4-3-5;1-2-4-5-3-1/h4*1-4,7-8H;1-4H. The van der Waals surface area contributed by atoms with E-state index >= 15 is 0 Å². The monoisotopic (exact) mass is 524 g/mol. The molecular formula is C28H28O8S. The van der Waals surface area contributed by atoms with E-state index in [1.165, 1.54) is 97.1 Å². The van der Waals surface area contributed by atoms with Crippen molar-refractivity contribution in [2.75, 3.05) is 0 Å². The second-order valence-electron chi connectivity index (χ2n) is 6.86. The van der Waals surface area contributed by atoms with Gasteiger partial charge in [-0.15, -0.1) is 0 Å². The maximum absolute atomic E-state index is 8.65. The van der Waals surface area contributed by atoms with Crippen LogP contribution >= 0.6 is 11.3 Å². The van der Waals surface area contributed by atoms with E-state index in [-0.39, 0.29) is 46.0 Å². The van der Waals surface area contributed by atoms with E-state index in [0.29, 0.717) is 0 Å². The number of phenolic OH excluding ortho intramolecular Hbond substituents is 8. The molecule has 0 saturated heterocycles. The first kappa shape index (κ1) is 30.0. The van der Waals surface area contributed by atoms with Gasteiger partial charge in [-0.3, -0.25) is 0 Å². The SMILES string of the molecule is Oc1ccc(O)cc1.Oc1ccc(O)cc1.Oc1ccc(O)cc1.Oc1ccc(O)cc1.c1ccsc1. The molecular weight excluding hydrogens is 496 g/mol. The number of hydrogen-bond acceptors (Lipinski definition) is 9. The van der Waals surface area contributed by atoms with Gasteiger partial charge in [-0.2, -0.15) is 11.3 Å². The van der Waals surface area contributed by atoms with Crippen molar-refractivity contribution in [1.82, 2.24) is 0 Å². The first-order valence-corrected chi connectivity index (χ1v) is 11.5. The quantitative estimate of drug-likeness (QED) is 0.112. The van der Waals surface area contributed by atoms with E-state index < -0.39 is 0 Å². The molecule has 8 nitrogen and oxygen atoms in total. The lowest BCUT2D eigenvalue weighted by Crippen LogP contribution is -1.61. The van der Waals surface area contributed by atoms with E-state index in [4.69, 9.17) is 40.9 Å². The fourth-order valence-corrected chi connectivity index (χ4v) is 2.49. The second kappa shape index (κ2) is 17.4. The van der Waals surface area contributed by atoms with Gasteiger partial charge in [-0.05, 0) is 108 Å². The Morgan fingerprint density at radius 3 is 0.486 bits per heavy atom. The lowest BCUT2D eigenvalue weighted by Gasteiger charge is -1.88. The second-order valence-corrected chi connectivity index (χ2v) is 7.68. The third-order valence-electron chi connectivity index (χ3n) is 3.82. The summed E-state index contributed by atoms with van der Waals surface area (Å²) in [5.41, 5.74) is 0. The molecule has 0 aliphatic carbocycles. The number of aromatic hydroxyl groups is 8. The smallest absolute Gasteiger partial charge is 0.115 e. The molecule has 0 aliphatic rings. The zero-order valence-corrected chi connectivity index (χ0v) is 20.3. The summed E-state index contributed by atoms with van der Waals surface area (Å²) in [6, 6.07) is 26.9. The topological polar surface area (TPSA) is 162 Å². The molecule has 0 saturated carbocycles. The molecule has 0 bridgehead atoms. The largest absolute Gasteiger partial charge is 0.508 e. The molecule has 37 heavy (non-hydrogen) atoms. The van der Waals surface area contributed by atoms with Crippen molar-refractivity contribution in [3.05, 3.63) is 120 Å². The zero-order valence-electron chi connectivity index (χ0n) is 19.5. The summed E-state index contributed by atoms with van der Waals surface area (Å²) in [6.07, 6.45) is 0. The van der Waals surface area contributed by atoms with Crippen LogP contribution in [0.5, 0.6) is 46.0 Å². The molecule has 0 aliphatic heterocycles. The first-order chi connectivity index (χ1) is 17.7. The Kier molecular flexibility index (Phi) is 14.1. The van der Waals surface area contributed by atoms with Crippen molar-refractivity contribution < 1.29 is 40.9 Å². The van der Waals surface area contributed by atoms with Gasteiger partial charge in [0.1, 0.15) is 46.0 Å². The van der Waals surface area contributed by atoms with Gasteiger partial charge in [0.05, 0.1) is 0 Å². The van der Waals surface area contributed by atoms with E-state index in [9.17, 15) is 0 Å². The van der Waals surface area contributed by atoms with Gasteiger partial charge in [0, 0.05) is 0 Å². The van der Waals surface area contributed by atoms with Gasteiger partial charge in [-0.25, -0.2) is 0 Å². The van der Waals surface area contributed by atoms with Crippen LogP contribution in [0.4, 0.5) is 0 Å². The van der Waals surface area contributed by atoms with Crippen LogP contribution in [0.2, 0.25) is 0 Å². The van der Waals surface area contributed by atoms with Gasteiger partial charge in [0.2, 0.25) is 0 Å². The molecule has 1 heterocycles. The fourth-order valence-electron chi connectivity index (χ4n) is 2.04. The van der Waals surface area contributed by atoms with Crippen LogP contribution < -0.4 is 0 Å². The van der Waals surface area contributed by atoms with Crippen molar-refractivity contribution in [3.8, 4) is 46.0 Å². The first-order valence-electron chi connectivity index (χ1n) is 10.5. The summed E-state index contributed by atoms with van der Waals surface area (Å²) < 4.78 is 0. The Labute approximate surface area is 218 Å². The Morgan fingerprint density at radius 2 is 0.405 bits per heavy atom. The van der Waals surface area contributed by atoms with Crippen LogP contribution in [0.15, 0.2) is 120 Å². The van der Waals surface area contributed by atoms with Crippen LogP contribution in [0.25, 0.3) is 0 Å². The molecule has 9 heteroatoms. The highest BCUT2D eigenvalue weighted by Crippen LogP contribution is 2.15. The molecule has 0 amide bonds. The van der Waals surface area contributed by atoms with Gasteiger partial charge in [0.25, 0.3) is 0 Å². The Bertz CT molecular complexity index is 932. The van der Waals surface area contributed by atoms with Crippen molar-refractivity contribution in [2.45, 2.75) is 0 Å². The van der Waals surface area contributed by atoms with E-state index in [2.05, 4.69) is 0 Å². The minimum Gasteiger partial charge on any atom is -0.508 e. The molecule has 0 atom stereocenters. The normalized spacial score (nSPS) is 8.86. The summed E-state index contributed by atoms with van der Waals surface area (Å²) in [5, 5.41) is 73.2. The Balaban J connectivity index is 0.000000233. The maximum Gasteiger partial charge on any atom is 0.115 e. The van der Waals surface area contributed by atoms with Gasteiger partial charge in [0.15, 0.2) is 0 Å². The summed E-state index contributed by atoms with van der Waals surface area (Å²) in [6.45, 7) is 0. The van der Waals surface area contributed by atoms with Crippen molar-refractivity contribution in [1.29, 1.82) is 0 Å². The minimum atomic E-state index is 0.169. The molecule has 194 valence electrons. The fraction of sp³-hybridized carbons (Fsp3) is 0. The van der Waals surface area contributed by atoms with Crippen LogP contribution in [-0.2, 0) is 0 Å². The summed E-state index contributed by atoms with van der Waals surface area (Å²) >= 11 is 1.71. The molecule has 0 unspecified atom stereocenters. The number of phenols is 8. The van der Waals surface area contributed by atoms with Crippen LogP contribution in [0, 0.1) is 0 Å². The third-order valence-corrected chi connectivity index (χ3v) is 4.45. The summed E-state index contributed by atoms with van der Waals surface area (Å²) in [5.74, 6) is 1.35. The Hall–Kier alpha value is -5.02. The van der Waals surface area contributed by atoms with Crippen LogP contribution in [0.1, 0.15) is 0 Å². The number of benzene rings is 4. The lowest BCUT2D eigenvalue weighted by molar-refractivity contribution is 0.460. The minimum absolute atomic E-state index is 0.169.